The van der Waals surface area contributed by atoms with Gasteiger partial charge in [0.2, 0.25) is 0 Å². The molecule has 3 aromatic rings. The Morgan fingerprint density at radius 3 is 2.21 bits per heavy atom. The van der Waals surface area contributed by atoms with Gasteiger partial charge in [-0.15, -0.1) is 0 Å². The van der Waals surface area contributed by atoms with Crippen molar-refractivity contribution >= 4 is 105 Å². The van der Waals surface area contributed by atoms with Crippen LogP contribution in [0.4, 0.5) is 5.69 Å². The lowest BCUT2D eigenvalue weighted by atomic mass is 9.77. The second-order valence-corrected chi connectivity index (χ2v) is 14.0. The largest absolute Gasteiger partial charge is 0.271 e. The smallest absolute Gasteiger partial charge is 0.264 e. The summed E-state index contributed by atoms with van der Waals surface area (Å²) in [6, 6.07) is 12.0. The Bertz CT molecular complexity index is 1950. The topological polar surface area (TPSA) is 98.0 Å². The third kappa shape index (κ3) is 5.81. The predicted molar refractivity (Wildman–Crippen MR) is 183 cm³/mol. The zero-order valence-corrected chi connectivity index (χ0v) is 28.6. The van der Waals surface area contributed by atoms with E-state index in [0.717, 1.165) is 41.0 Å². The minimum absolute atomic E-state index is 0.126. The van der Waals surface area contributed by atoms with Gasteiger partial charge < -0.3 is 0 Å². The Morgan fingerprint density at radius 1 is 0.830 bits per heavy atom. The summed E-state index contributed by atoms with van der Waals surface area (Å²) in [4.78, 5) is 42.1. The lowest BCUT2D eigenvalue weighted by Crippen LogP contribution is -2.45. The lowest BCUT2D eigenvalue weighted by molar-refractivity contribution is -0.136. The lowest BCUT2D eigenvalue weighted by Gasteiger charge is -2.31. The number of imide groups is 1. The Morgan fingerprint density at radius 2 is 1.51 bits per heavy atom. The van der Waals surface area contributed by atoms with Crippen molar-refractivity contribution < 1.29 is 14.4 Å². The Labute approximate surface area is 299 Å². The maximum Gasteiger partial charge on any atom is 0.264 e. The Hall–Kier alpha value is -3.18. The number of fused-ring (bicyclic) bond motifs is 2. The molecule has 15 heteroatoms. The second kappa shape index (κ2) is 12.7. The van der Waals surface area contributed by atoms with Gasteiger partial charge in [0.25, 0.3) is 17.7 Å². The molecule has 3 aromatic carbocycles. The van der Waals surface area contributed by atoms with Crippen LogP contribution >= 0.6 is 69.6 Å². The molecule has 7 rings (SSSR count). The summed E-state index contributed by atoms with van der Waals surface area (Å²) in [5.74, 6) is -1.86. The van der Waals surface area contributed by atoms with Crippen molar-refractivity contribution in [2.24, 2.45) is 21.4 Å². The van der Waals surface area contributed by atoms with E-state index in [4.69, 9.17) is 74.7 Å². The zero-order chi connectivity index (χ0) is 33.1. The molecular weight excluding hydrogens is 729 g/mol. The summed E-state index contributed by atoms with van der Waals surface area (Å²) in [7, 11) is 0. The number of hydrogen-bond donors (Lipinski definition) is 0. The number of carbonyl (C=O) groups excluding carboxylic acids is 3. The molecule has 0 aromatic heterocycles. The van der Waals surface area contributed by atoms with Crippen LogP contribution in [0.2, 0.25) is 30.1 Å². The number of halogens is 6. The van der Waals surface area contributed by atoms with Crippen LogP contribution in [-0.4, -0.2) is 52.1 Å². The number of benzene rings is 3. The van der Waals surface area contributed by atoms with Gasteiger partial charge in [0.05, 0.1) is 22.5 Å². The molecule has 4 aliphatic rings. The molecule has 240 valence electrons. The highest BCUT2D eigenvalue weighted by Crippen LogP contribution is 2.47. The Kier molecular flexibility index (Phi) is 8.74. The summed E-state index contributed by atoms with van der Waals surface area (Å²) < 4.78 is 0. The van der Waals surface area contributed by atoms with Crippen molar-refractivity contribution in [3.63, 3.8) is 0 Å². The normalized spacial score (nSPS) is 24.3. The van der Waals surface area contributed by atoms with E-state index in [1.165, 1.54) is 28.2 Å². The number of carbonyl (C=O) groups is 3. The molecule has 0 spiro atoms. The number of nitrogens with zero attached hydrogens (tertiary/aromatic N) is 6. The number of hydrogen-bond acceptors (Lipinski definition) is 7. The van der Waals surface area contributed by atoms with Crippen LogP contribution in [0.15, 0.2) is 75.6 Å². The van der Waals surface area contributed by atoms with Crippen LogP contribution in [-0.2, 0) is 14.4 Å². The third-order valence-corrected chi connectivity index (χ3v) is 10.3. The zero-order valence-electron chi connectivity index (χ0n) is 24.1. The fraction of sp³-hybridized carbons (Fsp3) is 0.250. The molecule has 3 heterocycles. The second-order valence-electron chi connectivity index (χ2n) is 11.5. The van der Waals surface area contributed by atoms with E-state index in [2.05, 4.69) is 10.3 Å². The van der Waals surface area contributed by atoms with Crippen molar-refractivity contribution in [3.8, 4) is 0 Å². The van der Waals surface area contributed by atoms with Crippen molar-refractivity contribution in [1.82, 2.24) is 10.0 Å². The quantitative estimate of drug-likeness (QED) is 0.244. The molecule has 0 N–H and O–H groups in total. The van der Waals surface area contributed by atoms with E-state index in [1.54, 1.807) is 30.3 Å². The molecular formula is C32H22Cl6N6O3. The van der Waals surface area contributed by atoms with E-state index < -0.39 is 35.8 Å². The first kappa shape index (κ1) is 32.4. The number of anilines is 1. The number of hydrazone groups is 1. The first-order valence-corrected chi connectivity index (χ1v) is 16.8. The van der Waals surface area contributed by atoms with Crippen LogP contribution < -0.4 is 4.90 Å². The first-order chi connectivity index (χ1) is 22.5. The van der Waals surface area contributed by atoms with Gasteiger partial charge >= 0.3 is 0 Å². The van der Waals surface area contributed by atoms with Crippen molar-refractivity contribution in [2.75, 3.05) is 11.4 Å². The predicted octanol–water partition coefficient (Wildman–Crippen LogP) is 8.72. The summed E-state index contributed by atoms with van der Waals surface area (Å²) in [6.45, 7) is -0.376. The van der Waals surface area contributed by atoms with E-state index in [0.29, 0.717) is 30.7 Å². The molecule has 4 unspecified atom stereocenters. The van der Waals surface area contributed by atoms with Gasteiger partial charge in [-0.05, 0) is 84.5 Å². The molecule has 47 heavy (non-hydrogen) atoms. The molecule has 1 saturated carbocycles. The maximum atomic E-state index is 14.2. The summed E-state index contributed by atoms with van der Waals surface area (Å²) in [5, 5.41) is 18.0. The minimum atomic E-state index is -1.13. The highest BCUT2D eigenvalue weighted by atomic mass is 35.5. The molecule has 0 radical (unpaired) electrons. The van der Waals surface area contributed by atoms with Crippen molar-refractivity contribution in [3.05, 3.63) is 101 Å². The summed E-state index contributed by atoms with van der Waals surface area (Å²) in [5.41, 5.74) is 3.30. The van der Waals surface area contributed by atoms with Gasteiger partial charge in [-0.3, -0.25) is 19.4 Å². The fourth-order valence-electron chi connectivity index (χ4n) is 6.53. The average Bonchev–Trinajstić information content (AvgIpc) is 3.68. The van der Waals surface area contributed by atoms with Crippen LogP contribution in [0.1, 0.15) is 36.4 Å². The van der Waals surface area contributed by atoms with Gasteiger partial charge in [-0.2, -0.15) is 10.2 Å². The summed E-state index contributed by atoms with van der Waals surface area (Å²) >= 11 is 37.9. The fourth-order valence-corrected chi connectivity index (χ4v) is 8.00. The van der Waals surface area contributed by atoms with Gasteiger partial charge in [0.15, 0.2) is 12.1 Å². The molecule has 4 atom stereocenters. The van der Waals surface area contributed by atoms with E-state index in [1.807, 2.05) is 12.1 Å². The highest BCUT2D eigenvalue weighted by Gasteiger charge is 2.56. The number of rotatable bonds is 5. The van der Waals surface area contributed by atoms with E-state index in [-0.39, 0.29) is 23.2 Å². The molecule has 3 aliphatic heterocycles. The van der Waals surface area contributed by atoms with Crippen LogP contribution in [0.25, 0.3) is 6.08 Å². The van der Waals surface area contributed by atoms with Crippen LogP contribution in [0, 0.1) is 5.92 Å². The van der Waals surface area contributed by atoms with Crippen molar-refractivity contribution in [1.29, 1.82) is 0 Å². The van der Waals surface area contributed by atoms with Gasteiger partial charge in [0, 0.05) is 31.0 Å². The third-order valence-electron chi connectivity index (χ3n) is 8.64. The number of amides is 3. The van der Waals surface area contributed by atoms with Crippen molar-refractivity contribution in [2.45, 2.75) is 37.4 Å². The molecule has 2 fully saturated rings. The van der Waals surface area contributed by atoms with Gasteiger partial charge in [-0.1, -0.05) is 87.0 Å². The standard InChI is InChI=1S/C32H22Cl6N6O3/c33-17-5-4-15(22(36)11-17)10-16-2-1-3-21-27(16)40-44(29(21)20-8-6-18(34)12-23(20)37)26(45)14-42-30-28(39-41-42)31(46)43(32(30)47)25-9-7-19(35)13-24(25)38/h4-13,21,28-30H,1-3,14H2. The maximum absolute atomic E-state index is 14.2. The molecule has 1 saturated heterocycles. The SMILES string of the molecule is O=C1C2N=NN(CC(=O)N3N=C4C(=Cc5ccc(Cl)cc5Cl)CCCC4C3c3ccc(Cl)cc3Cl)C2C(=O)N1c1ccc(Cl)cc1Cl. The molecule has 0 bridgehead atoms. The highest BCUT2D eigenvalue weighted by molar-refractivity contribution is 6.39. The average molecular weight is 751 g/mol. The van der Waals surface area contributed by atoms with Gasteiger partial charge in [0.1, 0.15) is 6.54 Å². The molecule has 1 aliphatic carbocycles. The minimum Gasteiger partial charge on any atom is -0.271 e. The summed E-state index contributed by atoms with van der Waals surface area (Å²) in [6.07, 6.45) is 4.28. The van der Waals surface area contributed by atoms with Gasteiger partial charge in [-0.25, -0.2) is 9.91 Å². The van der Waals surface area contributed by atoms with E-state index >= 15 is 0 Å². The molecule has 3 amide bonds. The van der Waals surface area contributed by atoms with Crippen LogP contribution in [0.3, 0.4) is 0 Å². The monoisotopic (exact) mass is 748 g/mol. The first-order valence-electron chi connectivity index (χ1n) is 14.5. The Balaban J connectivity index is 1.21. The molecule has 9 nitrogen and oxygen atoms in total. The number of allylic oxidation sites excluding steroid dienone is 1. The van der Waals surface area contributed by atoms with Crippen LogP contribution in [0.5, 0.6) is 0 Å². The van der Waals surface area contributed by atoms with E-state index in [9.17, 15) is 14.4 Å².